The van der Waals surface area contributed by atoms with Gasteiger partial charge in [-0.05, 0) is 24.5 Å². The summed E-state index contributed by atoms with van der Waals surface area (Å²) in [4.78, 5) is 31.0. The minimum absolute atomic E-state index is 0.000526. The van der Waals surface area contributed by atoms with Crippen LogP contribution >= 0.6 is 0 Å². The van der Waals surface area contributed by atoms with Crippen molar-refractivity contribution >= 4 is 11.7 Å². The van der Waals surface area contributed by atoms with Crippen molar-refractivity contribution < 1.29 is 9.59 Å². The molecule has 0 aliphatic carbocycles. The van der Waals surface area contributed by atoms with Gasteiger partial charge in [-0.1, -0.05) is 30.3 Å². The Morgan fingerprint density at radius 1 is 1.05 bits per heavy atom. The SMILES string of the molecule is CNC(=O)C(=O)Cc1cc(CCc2ccccc2)ncn1. The second-order valence-electron chi connectivity index (χ2n) is 4.67. The lowest BCUT2D eigenvalue weighted by atomic mass is 10.1. The van der Waals surface area contributed by atoms with Gasteiger partial charge in [-0.3, -0.25) is 9.59 Å². The zero-order valence-electron chi connectivity index (χ0n) is 11.9. The van der Waals surface area contributed by atoms with Crippen LogP contribution in [0.3, 0.4) is 0 Å². The first-order valence-electron chi connectivity index (χ1n) is 6.77. The Morgan fingerprint density at radius 2 is 1.76 bits per heavy atom. The summed E-state index contributed by atoms with van der Waals surface area (Å²) in [6.07, 6.45) is 3.09. The molecule has 0 spiro atoms. The number of ketones is 1. The zero-order valence-corrected chi connectivity index (χ0v) is 11.9. The van der Waals surface area contributed by atoms with Gasteiger partial charge in [0, 0.05) is 12.7 Å². The topological polar surface area (TPSA) is 72.0 Å². The molecule has 1 N–H and O–H groups in total. The summed E-state index contributed by atoms with van der Waals surface area (Å²) in [7, 11) is 1.44. The molecule has 2 rings (SSSR count). The van der Waals surface area contributed by atoms with E-state index in [1.807, 2.05) is 18.2 Å². The van der Waals surface area contributed by atoms with E-state index >= 15 is 0 Å². The molecule has 0 atom stereocenters. The van der Waals surface area contributed by atoms with Crippen molar-refractivity contribution in [1.29, 1.82) is 0 Å². The number of aryl methyl sites for hydroxylation is 2. The fourth-order valence-electron chi connectivity index (χ4n) is 1.98. The van der Waals surface area contributed by atoms with Gasteiger partial charge >= 0.3 is 0 Å². The van der Waals surface area contributed by atoms with E-state index in [0.29, 0.717) is 5.69 Å². The second-order valence-corrected chi connectivity index (χ2v) is 4.67. The van der Waals surface area contributed by atoms with Gasteiger partial charge < -0.3 is 5.32 Å². The monoisotopic (exact) mass is 283 g/mol. The molecule has 1 amide bonds. The minimum atomic E-state index is -0.598. The number of nitrogens with one attached hydrogen (secondary N) is 1. The van der Waals surface area contributed by atoms with Crippen molar-refractivity contribution in [1.82, 2.24) is 15.3 Å². The molecule has 0 fully saturated rings. The summed E-state index contributed by atoms with van der Waals surface area (Å²) in [6, 6.07) is 11.9. The number of hydrogen-bond acceptors (Lipinski definition) is 4. The van der Waals surface area contributed by atoms with E-state index < -0.39 is 11.7 Å². The van der Waals surface area contributed by atoms with Crippen molar-refractivity contribution in [2.45, 2.75) is 19.3 Å². The molecule has 0 aliphatic rings. The number of carbonyl (C=O) groups is 2. The number of amides is 1. The van der Waals surface area contributed by atoms with E-state index in [-0.39, 0.29) is 6.42 Å². The second kappa shape index (κ2) is 7.28. The third kappa shape index (κ3) is 4.49. The van der Waals surface area contributed by atoms with Crippen LogP contribution in [0.25, 0.3) is 0 Å². The van der Waals surface area contributed by atoms with Crippen LogP contribution in [-0.2, 0) is 28.9 Å². The molecule has 5 heteroatoms. The smallest absolute Gasteiger partial charge is 0.287 e. The summed E-state index contributed by atoms with van der Waals surface area (Å²) < 4.78 is 0. The molecule has 1 aromatic carbocycles. The summed E-state index contributed by atoms with van der Waals surface area (Å²) in [5.41, 5.74) is 2.68. The lowest BCUT2D eigenvalue weighted by molar-refractivity contribution is -0.137. The first kappa shape index (κ1) is 14.8. The van der Waals surface area contributed by atoms with Crippen molar-refractivity contribution in [3.05, 3.63) is 59.7 Å². The average Bonchev–Trinajstić information content (AvgIpc) is 2.53. The fourth-order valence-corrected chi connectivity index (χ4v) is 1.98. The number of carbonyl (C=O) groups excluding carboxylic acids is 2. The van der Waals surface area contributed by atoms with E-state index in [2.05, 4.69) is 27.4 Å². The van der Waals surface area contributed by atoms with Crippen LogP contribution in [-0.4, -0.2) is 28.7 Å². The third-order valence-electron chi connectivity index (χ3n) is 3.11. The number of Topliss-reactive ketones (excluding diaryl/α,β-unsaturated/α-hetero) is 1. The van der Waals surface area contributed by atoms with Gasteiger partial charge in [0.2, 0.25) is 5.78 Å². The normalized spacial score (nSPS) is 10.1. The Balaban J connectivity index is 1.98. The average molecular weight is 283 g/mol. The number of hydrogen-bond donors (Lipinski definition) is 1. The molecule has 0 radical (unpaired) electrons. The molecule has 0 saturated carbocycles. The molecule has 0 bridgehead atoms. The van der Waals surface area contributed by atoms with E-state index in [0.717, 1.165) is 18.5 Å². The number of likely N-dealkylation sites (N-methyl/N-ethyl adjacent to an activating group) is 1. The molecular weight excluding hydrogens is 266 g/mol. The summed E-state index contributed by atoms with van der Waals surface area (Å²) in [5, 5.41) is 2.31. The highest BCUT2D eigenvalue weighted by Gasteiger charge is 2.13. The van der Waals surface area contributed by atoms with Crippen LogP contribution in [0.5, 0.6) is 0 Å². The van der Waals surface area contributed by atoms with Crippen LogP contribution in [0.15, 0.2) is 42.7 Å². The first-order valence-corrected chi connectivity index (χ1v) is 6.77. The number of rotatable bonds is 6. The summed E-state index contributed by atoms with van der Waals surface area (Å²) >= 11 is 0. The summed E-state index contributed by atoms with van der Waals surface area (Å²) in [5.74, 6) is -1.09. The van der Waals surface area contributed by atoms with E-state index in [4.69, 9.17) is 0 Å². The maximum atomic E-state index is 11.6. The van der Waals surface area contributed by atoms with Gasteiger partial charge in [-0.15, -0.1) is 0 Å². The molecule has 2 aromatic rings. The van der Waals surface area contributed by atoms with Crippen LogP contribution in [0.4, 0.5) is 0 Å². The van der Waals surface area contributed by atoms with Crippen molar-refractivity contribution in [3.8, 4) is 0 Å². The van der Waals surface area contributed by atoms with Gasteiger partial charge in [-0.25, -0.2) is 9.97 Å². The largest absolute Gasteiger partial charge is 0.353 e. The van der Waals surface area contributed by atoms with E-state index in [1.165, 1.54) is 18.9 Å². The molecule has 1 heterocycles. The van der Waals surface area contributed by atoms with Crippen molar-refractivity contribution in [2.75, 3.05) is 7.05 Å². The number of benzene rings is 1. The number of aromatic nitrogens is 2. The lowest BCUT2D eigenvalue weighted by Crippen LogP contribution is -2.29. The molecule has 21 heavy (non-hydrogen) atoms. The predicted molar refractivity (Wildman–Crippen MR) is 78.7 cm³/mol. The molecule has 0 saturated heterocycles. The quantitative estimate of drug-likeness (QED) is 0.806. The maximum Gasteiger partial charge on any atom is 0.287 e. The highest BCUT2D eigenvalue weighted by atomic mass is 16.2. The molecule has 108 valence electrons. The van der Waals surface area contributed by atoms with E-state index in [1.54, 1.807) is 6.07 Å². The van der Waals surface area contributed by atoms with Gasteiger partial charge in [-0.2, -0.15) is 0 Å². The van der Waals surface area contributed by atoms with Crippen LogP contribution < -0.4 is 5.32 Å². The van der Waals surface area contributed by atoms with Gasteiger partial charge in [0.1, 0.15) is 6.33 Å². The molecule has 1 aromatic heterocycles. The Hall–Kier alpha value is -2.56. The van der Waals surface area contributed by atoms with Gasteiger partial charge in [0.05, 0.1) is 12.1 Å². The fraction of sp³-hybridized carbons (Fsp3) is 0.250. The molecule has 0 unspecified atom stereocenters. The Morgan fingerprint density at radius 3 is 2.48 bits per heavy atom. The Labute approximate surface area is 123 Å². The van der Waals surface area contributed by atoms with Crippen molar-refractivity contribution in [2.24, 2.45) is 0 Å². The third-order valence-corrected chi connectivity index (χ3v) is 3.11. The zero-order chi connectivity index (χ0) is 15.1. The van der Waals surface area contributed by atoms with Crippen LogP contribution in [0.1, 0.15) is 17.0 Å². The Kier molecular flexibility index (Phi) is 5.15. The Bertz CT molecular complexity index is 626. The van der Waals surface area contributed by atoms with Gasteiger partial charge in [0.15, 0.2) is 0 Å². The molecule has 5 nitrogen and oxygen atoms in total. The number of nitrogens with zero attached hydrogens (tertiary/aromatic N) is 2. The van der Waals surface area contributed by atoms with Gasteiger partial charge in [0.25, 0.3) is 5.91 Å². The lowest BCUT2D eigenvalue weighted by Gasteiger charge is -2.04. The predicted octanol–water partition coefficient (Wildman–Crippen LogP) is 1.12. The molecule has 0 aliphatic heterocycles. The maximum absolute atomic E-state index is 11.6. The van der Waals surface area contributed by atoms with E-state index in [9.17, 15) is 9.59 Å². The minimum Gasteiger partial charge on any atom is -0.353 e. The van der Waals surface area contributed by atoms with Crippen molar-refractivity contribution in [3.63, 3.8) is 0 Å². The first-order chi connectivity index (χ1) is 10.2. The highest BCUT2D eigenvalue weighted by Crippen LogP contribution is 2.06. The van der Waals surface area contributed by atoms with Crippen LogP contribution in [0, 0.1) is 0 Å². The summed E-state index contributed by atoms with van der Waals surface area (Å²) in [6.45, 7) is 0. The highest BCUT2D eigenvalue weighted by molar-refractivity contribution is 6.36. The van der Waals surface area contributed by atoms with Crippen LogP contribution in [0.2, 0.25) is 0 Å². The standard InChI is InChI=1S/C16H17N3O2/c1-17-16(21)15(20)10-14-9-13(18-11-19-14)8-7-12-5-3-2-4-6-12/h2-6,9,11H,7-8,10H2,1H3,(H,17,21). The molecular formula is C16H17N3O2.